The molecule has 0 spiro atoms. The molecule has 5 nitrogen and oxygen atoms in total. The van der Waals surface area contributed by atoms with Gasteiger partial charge < -0.3 is 9.73 Å². The lowest BCUT2D eigenvalue weighted by atomic mass is 10.1. The number of halogens is 1. The normalized spacial score (nSPS) is 15.0. The maximum atomic E-state index is 13.6. The Hall–Kier alpha value is -2.93. The lowest BCUT2D eigenvalue weighted by Gasteiger charge is -2.31. The van der Waals surface area contributed by atoms with E-state index in [1.807, 2.05) is 17.5 Å². The first kappa shape index (κ1) is 21.3. The van der Waals surface area contributed by atoms with Crippen LogP contribution in [0.1, 0.15) is 48.1 Å². The number of aryl methyl sites for hydroxylation is 1. The van der Waals surface area contributed by atoms with Gasteiger partial charge >= 0.3 is 0 Å². The van der Waals surface area contributed by atoms with Crippen molar-refractivity contribution in [2.75, 3.05) is 4.90 Å². The van der Waals surface area contributed by atoms with Crippen LogP contribution in [0, 0.1) is 12.7 Å². The zero-order chi connectivity index (χ0) is 21.8. The van der Waals surface area contributed by atoms with Crippen molar-refractivity contribution in [1.29, 1.82) is 0 Å². The molecule has 0 aliphatic heterocycles. The lowest BCUT2D eigenvalue weighted by molar-refractivity contribution is -0.127. The molecular formula is C24H25FN2O3S. The van der Waals surface area contributed by atoms with Crippen molar-refractivity contribution in [2.24, 2.45) is 0 Å². The van der Waals surface area contributed by atoms with Crippen molar-refractivity contribution in [3.8, 4) is 0 Å². The summed E-state index contributed by atoms with van der Waals surface area (Å²) < 4.78 is 19.4. The number of nitrogens with zero attached hydrogens (tertiary/aromatic N) is 1. The number of amides is 2. The molecule has 7 heteroatoms. The number of rotatable bonds is 7. The van der Waals surface area contributed by atoms with Gasteiger partial charge in [0.25, 0.3) is 5.91 Å². The largest absolute Gasteiger partial charge is 0.464 e. The van der Waals surface area contributed by atoms with Crippen molar-refractivity contribution >= 4 is 28.8 Å². The third-order valence-corrected chi connectivity index (χ3v) is 6.39. The molecule has 1 aliphatic carbocycles. The number of nitrogens with one attached hydrogen (secondary N) is 1. The Morgan fingerprint density at radius 1 is 1.16 bits per heavy atom. The lowest BCUT2D eigenvalue weighted by Crippen LogP contribution is -2.46. The minimum absolute atomic E-state index is 0.0912. The second-order valence-corrected chi connectivity index (χ2v) is 8.87. The Kier molecular flexibility index (Phi) is 6.51. The van der Waals surface area contributed by atoms with Gasteiger partial charge in [0, 0.05) is 16.6 Å². The zero-order valence-corrected chi connectivity index (χ0v) is 18.2. The van der Waals surface area contributed by atoms with Gasteiger partial charge in [0.05, 0.1) is 6.42 Å². The predicted octanol–water partition coefficient (Wildman–Crippen LogP) is 5.16. The highest BCUT2D eigenvalue weighted by molar-refractivity contribution is 7.10. The maximum absolute atomic E-state index is 13.6. The van der Waals surface area contributed by atoms with E-state index in [2.05, 4.69) is 5.32 Å². The smallest absolute Gasteiger partial charge is 0.251 e. The monoisotopic (exact) mass is 440 g/mol. The van der Waals surface area contributed by atoms with E-state index >= 15 is 0 Å². The fourth-order valence-corrected chi connectivity index (χ4v) is 4.71. The number of hydrogen-bond acceptors (Lipinski definition) is 4. The van der Waals surface area contributed by atoms with Gasteiger partial charge in [-0.3, -0.25) is 14.5 Å². The molecule has 4 rings (SSSR count). The molecule has 1 N–H and O–H groups in total. The van der Waals surface area contributed by atoms with Crippen molar-refractivity contribution in [3.63, 3.8) is 0 Å². The first-order chi connectivity index (χ1) is 15.0. The van der Waals surface area contributed by atoms with E-state index in [0.29, 0.717) is 17.2 Å². The zero-order valence-electron chi connectivity index (χ0n) is 17.3. The first-order valence-corrected chi connectivity index (χ1v) is 11.4. The van der Waals surface area contributed by atoms with E-state index in [9.17, 15) is 14.0 Å². The molecule has 0 unspecified atom stereocenters. The molecule has 1 aliphatic rings. The summed E-state index contributed by atoms with van der Waals surface area (Å²) in [5, 5.41) is 5.01. The van der Waals surface area contributed by atoms with Crippen LogP contribution in [0.5, 0.6) is 0 Å². The van der Waals surface area contributed by atoms with Gasteiger partial charge in [-0.05, 0) is 67.6 Å². The average molecular weight is 441 g/mol. The van der Waals surface area contributed by atoms with Crippen LogP contribution in [0.25, 0.3) is 0 Å². The standard InChI is InChI=1S/C24H25FN2O3S/c1-16-8-13-21(30-16)23(24(29)26-18-5-2-3-6-18)27(19-11-9-17(25)10-12-19)22(28)15-20-7-4-14-31-20/h4,7-14,18,23H,2-3,5-6,15H2,1H3,(H,26,29)/t23-/m0/s1. The highest BCUT2D eigenvalue weighted by Gasteiger charge is 2.36. The Balaban J connectivity index is 1.73. The van der Waals surface area contributed by atoms with Crippen LogP contribution in [0.3, 0.4) is 0 Å². The van der Waals surface area contributed by atoms with Crippen LogP contribution in [-0.4, -0.2) is 17.9 Å². The summed E-state index contributed by atoms with van der Waals surface area (Å²) in [6, 6.07) is 12.0. The molecule has 0 bridgehead atoms. The Labute approximate surface area is 184 Å². The minimum atomic E-state index is -0.979. The van der Waals surface area contributed by atoms with E-state index < -0.39 is 11.9 Å². The molecule has 2 amide bonds. The number of thiophene rings is 1. The van der Waals surface area contributed by atoms with E-state index in [1.54, 1.807) is 19.1 Å². The quantitative estimate of drug-likeness (QED) is 0.552. The number of furan rings is 1. The summed E-state index contributed by atoms with van der Waals surface area (Å²) in [5.74, 6) is 0.0882. The van der Waals surface area contributed by atoms with Crippen molar-refractivity contribution < 1.29 is 18.4 Å². The van der Waals surface area contributed by atoms with Crippen molar-refractivity contribution in [1.82, 2.24) is 5.32 Å². The Bertz CT molecular complexity index is 1020. The summed E-state index contributed by atoms with van der Waals surface area (Å²) in [7, 11) is 0. The molecule has 3 aromatic rings. The molecule has 1 aromatic carbocycles. The minimum Gasteiger partial charge on any atom is -0.464 e. The van der Waals surface area contributed by atoms with E-state index in [0.717, 1.165) is 30.6 Å². The van der Waals surface area contributed by atoms with E-state index in [-0.39, 0.29) is 24.3 Å². The van der Waals surface area contributed by atoms with Gasteiger partial charge in [-0.25, -0.2) is 4.39 Å². The van der Waals surface area contributed by atoms with Gasteiger partial charge in [0.15, 0.2) is 6.04 Å². The molecule has 2 aromatic heterocycles. The van der Waals surface area contributed by atoms with Crippen LogP contribution in [-0.2, 0) is 16.0 Å². The summed E-state index contributed by atoms with van der Waals surface area (Å²) in [4.78, 5) is 29.3. The van der Waals surface area contributed by atoms with Crippen LogP contribution in [0.2, 0.25) is 0 Å². The number of hydrogen-bond donors (Lipinski definition) is 1. The summed E-state index contributed by atoms with van der Waals surface area (Å²) in [6.07, 6.45) is 4.15. The summed E-state index contributed by atoms with van der Waals surface area (Å²) >= 11 is 1.48. The molecule has 0 saturated heterocycles. The van der Waals surface area contributed by atoms with Crippen LogP contribution in [0.4, 0.5) is 10.1 Å². The molecule has 1 fully saturated rings. The van der Waals surface area contributed by atoms with Crippen LogP contribution in [0.15, 0.2) is 58.3 Å². The topological polar surface area (TPSA) is 62.6 Å². The number of carbonyl (C=O) groups excluding carboxylic acids is 2. The second kappa shape index (κ2) is 9.47. The van der Waals surface area contributed by atoms with Gasteiger partial charge in [-0.15, -0.1) is 11.3 Å². The first-order valence-electron chi connectivity index (χ1n) is 10.5. The summed E-state index contributed by atoms with van der Waals surface area (Å²) in [5.41, 5.74) is 0.448. The molecular weight excluding hydrogens is 415 g/mol. The fourth-order valence-electron chi connectivity index (χ4n) is 4.01. The Morgan fingerprint density at radius 2 is 1.90 bits per heavy atom. The molecule has 1 atom stereocenters. The number of anilines is 1. The van der Waals surface area contributed by atoms with E-state index in [1.165, 1.54) is 40.5 Å². The van der Waals surface area contributed by atoms with Crippen molar-refractivity contribution in [3.05, 3.63) is 76.1 Å². The van der Waals surface area contributed by atoms with Crippen LogP contribution >= 0.6 is 11.3 Å². The van der Waals surface area contributed by atoms with Gasteiger partial charge in [0.1, 0.15) is 17.3 Å². The fraction of sp³-hybridized carbons (Fsp3) is 0.333. The number of carbonyl (C=O) groups is 2. The average Bonchev–Trinajstić information content (AvgIpc) is 3.51. The van der Waals surface area contributed by atoms with E-state index in [4.69, 9.17) is 4.42 Å². The predicted molar refractivity (Wildman–Crippen MR) is 118 cm³/mol. The van der Waals surface area contributed by atoms with Crippen LogP contribution < -0.4 is 10.2 Å². The SMILES string of the molecule is Cc1ccc([C@@H](C(=O)NC2CCCC2)N(C(=O)Cc2cccs2)c2ccc(F)cc2)o1. The highest BCUT2D eigenvalue weighted by Crippen LogP contribution is 2.31. The highest BCUT2D eigenvalue weighted by atomic mass is 32.1. The van der Waals surface area contributed by atoms with Gasteiger partial charge in [-0.2, -0.15) is 0 Å². The number of benzene rings is 1. The molecule has 162 valence electrons. The van der Waals surface area contributed by atoms with Gasteiger partial charge in [0.2, 0.25) is 5.91 Å². The molecule has 0 radical (unpaired) electrons. The Morgan fingerprint density at radius 3 is 2.52 bits per heavy atom. The maximum Gasteiger partial charge on any atom is 0.251 e. The third kappa shape index (κ3) is 5.05. The van der Waals surface area contributed by atoms with Gasteiger partial charge in [-0.1, -0.05) is 18.9 Å². The van der Waals surface area contributed by atoms with Crippen molar-refractivity contribution in [2.45, 2.75) is 51.1 Å². The third-order valence-electron chi connectivity index (χ3n) is 5.52. The summed E-state index contributed by atoms with van der Waals surface area (Å²) in [6.45, 7) is 1.80. The second-order valence-electron chi connectivity index (χ2n) is 7.84. The molecule has 31 heavy (non-hydrogen) atoms. The molecule has 1 saturated carbocycles. The molecule has 2 heterocycles.